The second kappa shape index (κ2) is 6.33. The Kier molecular flexibility index (Phi) is 4.52. The van der Waals surface area contributed by atoms with Crippen LogP contribution >= 0.6 is 11.6 Å². The van der Waals surface area contributed by atoms with Crippen LogP contribution in [0, 0.1) is 0 Å². The number of nitrogens with one attached hydrogen (secondary N) is 1. The Hall–Kier alpha value is -1.88. The number of nitrogens with zero attached hydrogens (tertiary/aromatic N) is 3. The molecule has 0 fully saturated rings. The summed E-state index contributed by atoms with van der Waals surface area (Å²) in [5, 5.41) is 3.76. The second-order valence-electron chi connectivity index (χ2n) is 3.91. The monoisotopic (exact) mass is 278 g/mol. The lowest BCUT2D eigenvalue weighted by Gasteiger charge is -2.07. The second-order valence-corrected chi connectivity index (χ2v) is 4.34. The Morgan fingerprint density at radius 2 is 2.11 bits per heavy atom. The molecule has 100 valence electrons. The first kappa shape index (κ1) is 13.5. The zero-order chi connectivity index (χ0) is 13.7. The van der Waals surface area contributed by atoms with Crippen molar-refractivity contribution in [2.24, 2.45) is 0 Å². The maximum Gasteiger partial charge on any atom is 0.321 e. The summed E-state index contributed by atoms with van der Waals surface area (Å²) in [6.07, 6.45) is 0.987. The third-order valence-electron chi connectivity index (χ3n) is 2.41. The lowest BCUT2D eigenvalue weighted by Crippen LogP contribution is -2.07. The van der Waals surface area contributed by atoms with E-state index in [1.807, 2.05) is 12.1 Å². The van der Waals surface area contributed by atoms with Gasteiger partial charge in [0.15, 0.2) is 5.82 Å². The van der Waals surface area contributed by atoms with Crippen molar-refractivity contribution in [1.82, 2.24) is 15.0 Å². The molecule has 0 saturated heterocycles. The lowest BCUT2D eigenvalue weighted by molar-refractivity contribution is 0.379. The molecule has 0 unspecified atom stereocenters. The van der Waals surface area contributed by atoms with Gasteiger partial charge in [-0.05, 0) is 18.6 Å². The molecule has 0 amide bonds. The SMILES string of the molecule is CCCNc1nc(OC)nc(-c2cccc(Cl)c2)n1. The zero-order valence-corrected chi connectivity index (χ0v) is 11.6. The number of halogens is 1. The number of benzene rings is 1. The zero-order valence-electron chi connectivity index (χ0n) is 10.9. The van der Waals surface area contributed by atoms with E-state index in [-0.39, 0.29) is 6.01 Å². The van der Waals surface area contributed by atoms with Gasteiger partial charge >= 0.3 is 6.01 Å². The van der Waals surface area contributed by atoms with Crippen LogP contribution in [0.4, 0.5) is 5.95 Å². The van der Waals surface area contributed by atoms with E-state index in [0.29, 0.717) is 16.8 Å². The number of ether oxygens (including phenoxy) is 1. The minimum atomic E-state index is 0.281. The fourth-order valence-electron chi connectivity index (χ4n) is 1.52. The van der Waals surface area contributed by atoms with Gasteiger partial charge in [-0.1, -0.05) is 30.7 Å². The fraction of sp³-hybridized carbons (Fsp3) is 0.308. The summed E-state index contributed by atoms with van der Waals surface area (Å²) in [5.41, 5.74) is 0.827. The lowest BCUT2D eigenvalue weighted by atomic mass is 10.2. The molecule has 19 heavy (non-hydrogen) atoms. The van der Waals surface area contributed by atoms with Gasteiger partial charge in [0.25, 0.3) is 0 Å². The Morgan fingerprint density at radius 1 is 1.26 bits per heavy atom. The molecule has 1 heterocycles. The molecule has 1 aromatic heterocycles. The van der Waals surface area contributed by atoms with Gasteiger partial charge < -0.3 is 10.1 Å². The van der Waals surface area contributed by atoms with E-state index in [2.05, 4.69) is 27.2 Å². The van der Waals surface area contributed by atoms with E-state index >= 15 is 0 Å². The van der Waals surface area contributed by atoms with Crippen LogP contribution in [0.2, 0.25) is 5.02 Å². The number of anilines is 1. The molecule has 2 rings (SSSR count). The Morgan fingerprint density at radius 3 is 2.79 bits per heavy atom. The van der Waals surface area contributed by atoms with Crippen molar-refractivity contribution >= 4 is 17.5 Å². The summed E-state index contributed by atoms with van der Waals surface area (Å²) in [4.78, 5) is 12.7. The van der Waals surface area contributed by atoms with Gasteiger partial charge in [0.1, 0.15) is 0 Å². The average Bonchev–Trinajstić information content (AvgIpc) is 2.44. The molecule has 6 heteroatoms. The molecular weight excluding hydrogens is 264 g/mol. The molecule has 0 saturated carbocycles. The molecule has 0 aliphatic carbocycles. The van der Waals surface area contributed by atoms with Crippen LogP contribution in [0.1, 0.15) is 13.3 Å². The topological polar surface area (TPSA) is 59.9 Å². The molecule has 5 nitrogen and oxygen atoms in total. The molecule has 0 atom stereocenters. The van der Waals surface area contributed by atoms with Crippen LogP contribution < -0.4 is 10.1 Å². The van der Waals surface area contributed by atoms with Crippen LogP contribution in [0.3, 0.4) is 0 Å². The van der Waals surface area contributed by atoms with E-state index < -0.39 is 0 Å². The largest absolute Gasteiger partial charge is 0.467 e. The van der Waals surface area contributed by atoms with Gasteiger partial charge in [-0.15, -0.1) is 0 Å². The number of hydrogen-bond acceptors (Lipinski definition) is 5. The Labute approximate surface area is 117 Å². The number of aromatic nitrogens is 3. The van der Waals surface area contributed by atoms with Crippen molar-refractivity contribution in [1.29, 1.82) is 0 Å². The van der Waals surface area contributed by atoms with Gasteiger partial charge in [-0.3, -0.25) is 0 Å². The summed E-state index contributed by atoms with van der Waals surface area (Å²) >= 11 is 5.97. The highest BCUT2D eigenvalue weighted by molar-refractivity contribution is 6.30. The highest BCUT2D eigenvalue weighted by atomic mass is 35.5. The summed E-state index contributed by atoms with van der Waals surface area (Å²) in [5.74, 6) is 1.04. The smallest absolute Gasteiger partial charge is 0.321 e. The maximum absolute atomic E-state index is 5.97. The van der Waals surface area contributed by atoms with Crippen LogP contribution in [-0.4, -0.2) is 28.6 Å². The standard InChI is InChI=1S/C13H15ClN4O/c1-3-7-15-12-16-11(17-13(18-12)19-2)9-5-4-6-10(14)8-9/h4-6,8H,3,7H2,1-2H3,(H,15,16,17,18). The predicted octanol–water partition coefficient (Wildman–Crippen LogP) is 3.02. The van der Waals surface area contributed by atoms with Gasteiger partial charge in [-0.2, -0.15) is 15.0 Å². The summed E-state index contributed by atoms with van der Waals surface area (Å²) in [6.45, 7) is 2.87. The molecule has 1 aromatic carbocycles. The minimum Gasteiger partial charge on any atom is -0.467 e. The molecule has 2 aromatic rings. The minimum absolute atomic E-state index is 0.281. The van der Waals surface area contributed by atoms with E-state index in [4.69, 9.17) is 16.3 Å². The van der Waals surface area contributed by atoms with Crippen molar-refractivity contribution in [3.05, 3.63) is 29.3 Å². The van der Waals surface area contributed by atoms with Crippen molar-refractivity contribution in [2.75, 3.05) is 19.0 Å². The van der Waals surface area contributed by atoms with E-state index in [9.17, 15) is 0 Å². The van der Waals surface area contributed by atoms with Crippen LogP contribution in [0.5, 0.6) is 6.01 Å². The van der Waals surface area contributed by atoms with Crippen molar-refractivity contribution in [3.63, 3.8) is 0 Å². The highest BCUT2D eigenvalue weighted by Gasteiger charge is 2.08. The van der Waals surface area contributed by atoms with Crippen LogP contribution in [-0.2, 0) is 0 Å². The third-order valence-corrected chi connectivity index (χ3v) is 2.65. The summed E-state index contributed by atoms with van der Waals surface area (Å²) < 4.78 is 5.09. The molecule has 0 spiro atoms. The quantitative estimate of drug-likeness (QED) is 0.911. The normalized spacial score (nSPS) is 10.3. The van der Waals surface area contributed by atoms with Crippen molar-refractivity contribution in [3.8, 4) is 17.4 Å². The Balaban J connectivity index is 2.38. The van der Waals surface area contributed by atoms with E-state index in [1.54, 1.807) is 12.1 Å². The van der Waals surface area contributed by atoms with Crippen LogP contribution in [0.15, 0.2) is 24.3 Å². The maximum atomic E-state index is 5.97. The first-order valence-electron chi connectivity index (χ1n) is 6.03. The fourth-order valence-corrected chi connectivity index (χ4v) is 1.71. The van der Waals surface area contributed by atoms with E-state index in [1.165, 1.54) is 7.11 Å². The van der Waals surface area contributed by atoms with Gasteiger partial charge in [0.2, 0.25) is 5.95 Å². The molecule has 0 radical (unpaired) electrons. The summed E-state index contributed by atoms with van der Waals surface area (Å²) in [6, 6.07) is 7.64. The molecule has 1 N–H and O–H groups in total. The van der Waals surface area contributed by atoms with Gasteiger partial charge in [-0.25, -0.2) is 0 Å². The summed E-state index contributed by atoms with van der Waals surface area (Å²) in [7, 11) is 1.53. The first-order chi connectivity index (χ1) is 9.22. The van der Waals surface area contributed by atoms with Crippen LogP contribution in [0.25, 0.3) is 11.4 Å². The molecule has 0 bridgehead atoms. The molecule has 0 aliphatic heterocycles. The third kappa shape index (κ3) is 3.54. The first-order valence-corrected chi connectivity index (χ1v) is 6.40. The van der Waals surface area contributed by atoms with Gasteiger partial charge in [0.05, 0.1) is 7.11 Å². The average molecular weight is 279 g/mol. The van der Waals surface area contributed by atoms with Crippen molar-refractivity contribution < 1.29 is 4.74 Å². The molecule has 0 aliphatic rings. The van der Waals surface area contributed by atoms with Gasteiger partial charge in [0, 0.05) is 17.1 Å². The molecular formula is C13H15ClN4O. The predicted molar refractivity (Wildman–Crippen MR) is 75.6 cm³/mol. The highest BCUT2D eigenvalue weighted by Crippen LogP contribution is 2.21. The van der Waals surface area contributed by atoms with E-state index in [0.717, 1.165) is 18.5 Å². The number of hydrogen-bond donors (Lipinski definition) is 1. The Bertz CT molecular complexity index is 562. The number of rotatable bonds is 5. The number of methoxy groups -OCH3 is 1. The van der Waals surface area contributed by atoms with Crippen molar-refractivity contribution in [2.45, 2.75) is 13.3 Å².